The molecule has 0 bridgehead atoms. The first-order valence-corrected chi connectivity index (χ1v) is 8.58. The third kappa shape index (κ3) is 3.61. The molecule has 0 unspecified atom stereocenters. The SMILES string of the molecule is CCC(=Nc1c(O)[nH]c(O)c1Nc1cccc(C(N)=O)c1O)c1ccccc1. The molecular formula is C20H20N4O4. The molecule has 7 N–H and O–H groups in total. The smallest absolute Gasteiger partial charge is 0.252 e. The monoisotopic (exact) mass is 380 g/mol. The molecule has 8 nitrogen and oxygen atoms in total. The number of aromatic hydroxyl groups is 3. The number of primary amides is 1. The highest BCUT2D eigenvalue weighted by Crippen LogP contribution is 2.45. The second kappa shape index (κ2) is 7.75. The summed E-state index contributed by atoms with van der Waals surface area (Å²) in [5.74, 6) is -1.88. The van der Waals surface area contributed by atoms with E-state index in [2.05, 4.69) is 15.3 Å². The van der Waals surface area contributed by atoms with Gasteiger partial charge in [-0.2, -0.15) is 0 Å². The number of aliphatic imine (C=N–C) groups is 1. The highest BCUT2D eigenvalue weighted by atomic mass is 16.3. The molecule has 0 aliphatic carbocycles. The minimum atomic E-state index is -0.794. The van der Waals surface area contributed by atoms with Crippen molar-refractivity contribution in [2.75, 3.05) is 5.32 Å². The summed E-state index contributed by atoms with van der Waals surface area (Å²) >= 11 is 0. The third-order valence-corrected chi connectivity index (χ3v) is 4.18. The van der Waals surface area contributed by atoms with Crippen LogP contribution in [0.3, 0.4) is 0 Å². The minimum absolute atomic E-state index is 0.0521. The van der Waals surface area contributed by atoms with Crippen LogP contribution in [0, 0.1) is 0 Å². The molecule has 8 heteroatoms. The Labute approximate surface area is 161 Å². The van der Waals surface area contributed by atoms with E-state index in [1.165, 1.54) is 18.2 Å². The van der Waals surface area contributed by atoms with Gasteiger partial charge in [0.05, 0.1) is 11.3 Å². The van der Waals surface area contributed by atoms with Gasteiger partial charge in [-0.25, -0.2) is 4.99 Å². The van der Waals surface area contributed by atoms with Crippen molar-refractivity contribution in [2.45, 2.75) is 13.3 Å². The lowest BCUT2D eigenvalue weighted by atomic mass is 10.1. The number of nitrogens with zero attached hydrogens (tertiary/aromatic N) is 1. The summed E-state index contributed by atoms with van der Waals surface area (Å²) in [6.07, 6.45) is 0.581. The number of hydrogen-bond donors (Lipinski definition) is 6. The molecule has 1 heterocycles. The molecule has 2 aromatic carbocycles. The highest BCUT2D eigenvalue weighted by Gasteiger charge is 2.20. The topological polar surface area (TPSA) is 144 Å². The van der Waals surface area contributed by atoms with E-state index in [1.54, 1.807) is 0 Å². The molecule has 0 saturated carbocycles. The van der Waals surface area contributed by atoms with E-state index < -0.39 is 5.91 Å². The van der Waals surface area contributed by atoms with Gasteiger partial charge < -0.3 is 26.4 Å². The van der Waals surface area contributed by atoms with Crippen LogP contribution in [0.2, 0.25) is 0 Å². The number of carbonyl (C=O) groups is 1. The van der Waals surface area contributed by atoms with Gasteiger partial charge in [0, 0.05) is 5.71 Å². The van der Waals surface area contributed by atoms with Crippen LogP contribution in [-0.4, -0.2) is 31.9 Å². The summed E-state index contributed by atoms with van der Waals surface area (Å²) in [5, 5.41) is 33.4. The Bertz CT molecular complexity index is 1040. The van der Waals surface area contributed by atoms with Gasteiger partial charge in [-0.15, -0.1) is 0 Å². The second-order valence-electron chi connectivity index (χ2n) is 6.01. The molecule has 3 rings (SSSR count). The first kappa shape index (κ1) is 18.8. The second-order valence-corrected chi connectivity index (χ2v) is 6.01. The van der Waals surface area contributed by atoms with Gasteiger partial charge in [0.1, 0.15) is 5.69 Å². The number of anilines is 2. The minimum Gasteiger partial charge on any atom is -0.505 e. The lowest BCUT2D eigenvalue weighted by Gasteiger charge is -2.11. The van der Waals surface area contributed by atoms with Crippen molar-refractivity contribution >= 4 is 28.7 Å². The van der Waals surface area contributed by atoms with E-state index in [0.717, 1.165) is 5.56 Å². The molecule has 0 saturated heterocycles. The fourth-order valence-corrected chi connectivity index (χ4v) is 2.78. The molecule has 0 atom stereocenters. The largest absolute Gasteiger partial charge is 0.505 e. The first-order chi connectivity index (χ1) is 13.4. The fourth-order valence-electron chi connectivity index (χ4n) is 2.78. The summed E-state index contributed by atoms with van der Waals surface area (Å²) in [4.78, 5) is 18.3. The summed E-state index contributed by atoms with van der Waals surface area (Å²) in [5.41, 5.74) is 6.98. The van der Waals surface area contributed by atoms with E-state index in [4.69, 9.17) is 5.73 Å². The van der Waals surface area contributed by atoms with E-state index in [9.17, 15) is 20.1 Å². The quantitative estimate of drug-likeness (QED) is 0.286. The van der Waals surface area contributed by atoms with Gasteiger partial charge >= 0.3 is 0 Å². The molecule has 144 valence electrons. The van der Waals surface area contributed by atoms with Crippen molar-refractivity contribution in [2.24, 2.45) is 10.7 Å². The molecular weight excluding hydrogens is 360 g/mol. The van der Waals surface area contributed by atoms with E-state index >= 15 is 0 Å². The van der Waals surface area contributed by atoms with Gasteiger partial charge in [-0.3, -0.25) is 9.78 Å². The van der Waals surface area contributed by atoms with Crippen molar-refractivity contribution < 1.29 is 20.1 Å². The summed E-state index contributed by atoms with van der Waals surface area (Å²) in [6, 6.07) is 13.8. The van der Waals surface area contributed by atoms with Crippen LogP contribution in [0.1, 0.15) is 29.3 Å². The number of rotatable bonds is 6. The Kier molecular flexibility index (Phi) is 5.21. The molecule has 28 heavy (non-hydrogen) atoms. The Hall–Kier alpha value is -3.94. The number of aromatic amines is 1. The summed E-state index contributed by atoms with van der Waals surface area (Å²) in [6.45, 7) is 1.92. The number of carbonyl (C=O) groups excluding carboxylic acids is 1. The number of H-pyrrole nitrogens is 1. The Morgan fingerprint density at radius 1 is 1.07 bits per heavy atom. The maximum absolute atomic E-state index is 11.4. The van der Waals surface area contributed by atoms with Crippen molar-refractivity contribution in [3.05, 3.63) is 59.7 Å². The van der Waals surface area contributed by atoms with Crippen LogP contribution < -0.4 is 11.1 Å². The maximum Gasteiger partial charge on any atom is 0.252 e. The van der Waals surface area contributed by atoms with Crippen LogP contribution in [0.25, 0.3) is 0 Å². The van der Waals surface area contributed by atoms with Crippen LogP contribution in [0.5, 0.6) is 17.5 Å². The molecule has 0 aliphatic heterocycles. The first-order valence-electron chi connectivity index (χ1n) is 8.58. The molecule has 0 fully saturated rings. The Balaban J connectivity index is 2.07. The third-order valence-electron chi connectivity index (χ3n) is 4.18. The van der Waals surface area contributed by atoms with Crippen molar-refractivity contribution in [1.82, 2.24) is 4.98 Å². The van der Waals surface area contributed by atoms with E-state index in [-0.39, 0.29) is 40.1 Å². The molecule has 0 aliphatic rings. The number of hydrogen-bond acceptors (Lipinski definition) is 6. The van der Waals surface area contributed by atoms with Crippen molar-refractivity contribution in [3.63, 3.8) is 0 Å². The number of para-hydroxylation sites is 1. The molecule has 1 aromatic heterocycles. The highest BCUT2D eigenvalue weighted by molar-refractivity contribution is 6.03. The number of aromatic nitrogens is 1. The van der Waals surface area contributed by atoms with E-state index in [0.29, 0.717) is 12.1 Å². The van der Waals surface area contributed by atoms with Crippen LogP contribution in [0.15, 0.2) is 53.5 Å². The lowest BCUT2D eigenvalue weighted by Crippen LogP contribution is -2.11. The Morgan fingerprint density at radius 2 is 1.79 bits per heavy atom. The number of amides is 1. The van der Waals surface area contributed by atoms with E-state index in [1.807, 2.05) is 37.3 Å². The maximum atomic E-state index is 11.4. The van der Waals surface area contributed by atoms with Gasteiger partial charge in [-0.1, -0.05) is 43.3 Å². The van der Waals surface area contributed by atoms with Crippen molar-refractivity contribution in [3.8, 4) is 17.5 Å². The van der Waals surface area contributed by atoms with Gasteiger partial charge in [0.25, 0.3) is 5.91 Å². The van der Waals surface area contributed by atoms with Crippen LogP contribution in [0.4, 0.5) is 17.1 Å². The normalized spacial score (nSPS) is 11.4. The van der Waals surface area contributed by atoms with Crippen LogP contribution >= 0.6 is 0 Å². The summed E-state index contributed by atoms with van der Waals surface area (Å²) < 4.78 is 0. The van der Waals surface area contributed by atoms with Crippen molar-refractivity contribution in [1.29, 1.82) is 0 Å². The molecule has 0 radical (unpaired) electrons. The summed E-state index contributed by atoms with van der Waals surface area (Å²) in [7, 11) is 0. The van der Waals surface area contributed by atoms with Gasteiger partial charge in [0.15, 0.2) is 11.4 Å². The predicted molar refractivity (Wildman–Crippen MR) is 107 cm³/mol. The zero-order chi connectivity index (χ0) is 20.3. The average Bonchev–Trinajstić information content (AvgIpc) is 2.94. The van der Waals surface area contributed by atoms with Crippen LogP contribution in [-0.2, 0) is 0 Å². The Morgan fingerprint density at radius 3 is 2.43 bits per heavy atom. The molecule has 1 amide bonds. The predicted octanol–water partition coefficient (Wildman–Crippen LogP) is 3.50. The van der Waals surface area contributed by atoms with Gasteiger partial charge in [0.2, 0.25) is 11.8 Å². The standard InChI is InChI=1S/C20H20N4O4/c1-2-13(11-7-4-3-5-8-11)22-15-16(20(28)24-19(15)27)23-14-10-6-9-12(17(14)25)18(21)26/h3-10,23-25,27-28H,2H2,1H3,(H2,21,26). The lowest BCUT2D eigenvalue weighted by molar-refractivity contribution is 0.0998. The molecule has 3 aromatic rings. The number of benzene rings is 2. The average molecular weight is 380 g/mol. The number of nitrogens with two attached hydrogens (primary N) is 1. The van der Waals surface area contributed by atoms with Gasteiger partial charge in [-0.05, 0) is 24.1 Å². The fraction of sp³-hybridized carbons (Fsp3) is 0.100. The molecule has 0 spiro atoms. The zero-order valence-electron chi connectivity index (χ0n) is 15.1. The zero-order valence-corrected chi connectivity index (χ0v) is 15.1. The number of nitrogens with one attached hydrogen (secondary N) is 2. The number of phenols is 1.